The van der Waals surface area contributed by atoms with Crippen LogP contribution in [0.15, 0.2) is 18.2 Å². The van der Waals surface area contributed by atoms with Gasteiger partial charge in [-0.25, -0.2) is 0 Å². The Balaban J connectivity index is 1.59. The number of hydrogen-bond donors (Lipinski definition) is 1. The lowest BCUT2D eigenvalue weighted by molar-refractivity contribution is -0.132. The van der Waals surface area contributed by atoms with Crippen molar-refractivity contribution in [1.82, 2.24) is 4.90 Å². The van der Waals surface area contributed by atoms with Gasteiger partial charge in [-0.2, -0.15) is 0 Å². The standard InChI is InChI=1S/C18H23Cl2NO3/c1-2-18(23)7-3-4-12-9-21(10-14(12)18)17(22)11-24-13-5-6-15(19)16(20)8-13/h5-6,8,12,14,23H,2-4,7,9-11H2,1H3/t12-,14+,18-/m1/s1. The molecule has 6 heteroatoms. The second-order valence-corrected chi connectivity index (χ2v) is 7.69. The Bertz CT molecular complexity index is 624. The van der Waals surface area contributed by atoms with Crippen LogP contribution >= 0.6 is 23.2 Å². The number of aliphatic hydroxyl groups is 1. The predicted octanol–water partition coefficient (Wildman–Crippen LogP) is 3.77. The van der Waals surface area contributed by atoms with Gasteiger partial charge in [-0.05, 0) is 37.3 Å². The van der Waals surface area contributed by atoms with Crippen molar-refractivity contribution in [2.45, 2.75) is 38.2 Å². The molecule has 1 aromatic rings. The molecular formula is C18H23Cl2NO3. The maximum Gasteiger partial charge on any atom is 0.260 e. The van der Waals surface area contributed by atoms with Gasteiger partial charge in [0.1, 0.15) is 5.75 Å². The minimum Gasteiger partial charge on any atom is -0.484 e. The van der Waals surface area contributed by atoms with E-state index in [1.807, 2.05) is 11.8 Å². The minimum absolute atomic E-state index is 0.0258. The zero-order valence-electron chi connectivity index (χ0n) is 13.8. The van der Waals surface area contributed by atoms with E-state index in [0.29, 0.717) is 28.3 Å². The number of fused-ring (bicyclic) bond motifs is 1. The molecule has 2 fully saturated rings. The molecule has 132 valence electrons. The van der Waals surface area contributed by atoms with E-state index in [-0.39, 0.29) is 18.4 Å². The number of hydrogen-bond acceptors (Lipinski definition) is 3. The molecule has 0 bridgehead atoms. The molecule has 1 aliphatic carbocycles. The Morgan fingerprint density at radius 3 is 2.88 bits per heavy atom. The first kappa shape index (κ1) is 17.8. The van der Waals surface area contributed by atoms with Gasteiger partial charge in [-0.15, -0.1) is 0 Å². The molecule has 1 amide bonds. The Hall–Kier alpha value is -0.970. The fourth-order valence-electron chi connectivity index (χ4n) is 4.07. The number of ether oxygens (including phenoxy) is 1. The Morgan fingerprint density at radius 1 is 1.38 bits per heavy atom. The van der Waals surface area contributed by atoms with Gasteiger partial charge in [0.15, 0.2) is 6.61 Å². The van der Waals surface area contributed by atoms with Crippen molar-refractivity contribution in [3.8, 4) is 5.75 Å². The van der Waals surface area contributed by atoms with Crippen molar-refractivity contribution < 1.29 is 14.6 Å². The summed E-state index contributed by atoms with van der Waals surface area (Å²) in [5.41, 5.74) is -0.623. The number of carbonyl (C=O) groups is 1. The van der Waals surface area contributed by atoms with Crippen LogP contribution in [-0.2, 0) is 4.79 Å². The van der Waals surface area contributed by atoms with Crippen LogP contribution in [0.1, 0.15) is 32.6 Å². The third kappa shape index (κ3) is 3.51. The van der Waals surface area contributed by atoms with E-state index >= 15 is 0 Å². The summed E-state index contributed by atoms with van der Waals surface area (Å²) in [6.45, 7) is 3.34. The van der Waals surface area contributed by atoms with Crippen LogP contribution in [0.3, 0.4) is 0 Å². The number of carbonyl (C=O) groups excluding carboxylic acids is 1. The summed E-state index contributed by atoms with van der Waals surface area (Å²) in [6.07, 6.45) is 3.71. The molecule has 1 aromatic carbocycles. The average Bonchev–Trinajstić information content (AvgIpc) is 3.02. The maximum atomic E-state index is 12.5. The predicted molar refractivity (Wildman–Crippen MR) is 94.6 cm³/mol. The van der Waals surface area contributed by atoms with Gasteiger partial charge in [-0.3, -0.25) is 4.79 Å². The van der Waals surface area contributed by atoms with Gasteiger partial charge >= 0.3 is 0 Å². The molecule has 3 atom stereocenters. The first-order valence-corrected chi connectivity index (χ1v) is 9.26. The summed E-state index contributed by atoms with van der Waals surface area (Å²) in [5, 5.41) is 11.7. The van der Waals surface area contributed by atoms with Gasteiger partial charge in [0.05, 0.1) is 15.6 Å². The minimum atomic E-state index is -0.623. The summed E-state index contributed by atoms with van der Waals surface area (Å²) >= 11 is 11.8. The van der Waals surface area contributed by atoms with Gasteiger partial charge < -0.3 is 14.7 Å². The molecule has 3 rings (SSSR count). The van der Waals surface area contributed by atoms with Crippen LogP contribution in [0.25, 0.3) is 0 Å². The summed E-state index contributed by atoms with van der Waals surface area (Å²) in [6, 6.07) is 4.95. The van der Waals surface area contributed by atoms with Gasteiger partial charge in [0.25, 0.3) is 5.91 Å². The molecule has 0 spiro atoms. The van der Waals surface area contributed by atoms with E-state index in [4.69, 9.17) is 27.9 Å². The molecule has 0 aromatic heterocycles. The molecule has 2 aliphatic rings. The molecule has 0 unspecified atom stereocenters. The molecular weight excluding hydrogens is 349 g/mol. The van der Waals surface area contributed by atoms with Crippen molar-refractivity contribution in [2.24, 2.45) is 11.8 Å². The number of halogens is 2. The number of amides is 1. The fraction of sp³-hybridized carbons (Fsp3) is 0.611. The first-order chi connectivity index (χ1) is 11.4. The van der Waals surface area contributed by atoms with Crippen LogP contribution in [0.4, 0.5) is 0 Å². The summed E-state index contributed by atoms with van der Waals surface area (Å²) in [7, 11) is 0. The molecule has 1 N–H and O–H groups in total. The van der Waals surface area contributed by atoms with Crippen LogP contribution in [0, 0.1) is 11.8 Å². The molecule has 1 heterocycles. The highest BCUT2D eigenvalue weighted by atomic mass is 35.5. The lowest BCUT2D eigenvalue weighted by Crippen LogP contribution is -2.44. The lowest BCUT2D eigenvalue weighted by Gasteiger charge is -2.40. The van der Waals surface area contributed by atoms with Crippen molar-refractivity contribution >= 4 is 29.1 Å². The number of benzene rings is 1. The van der Waals surface area contributed by atoms with Crippen LogP contribution in [-0.4, -0.2) is 41.2 Å². The zero-order valence-corrected chi connectivity index (χ0v) is 15.3. The van der Waals surface area contributed by atoms with E-state index in [1.54, 1.807) is 18.2 Å². The second-order valence-electron chi connectivity index (χ2n) is 6.88. The summed E-state index contributed by atoms with van der Waals surface area (Å²) < 4.78 is 5.55. The van der Waals surface area contributed by atoms with Gasteiger partial charge in [-0.1, -0.05) is 36.5 Å². The average molecular weight is 372 g/mol. The number of rotatable bonds is 4. The number of likely N-dealkylation sites (tertiary alicyclic amines) is 1. The van der Waals surface area contributed by atoms with Crippen molar-refractivity contribution in [3.63, 3.8) is 0 Å². The quantitative estimate of drug-likeness (QED) is 0.875. The van der Waals surface area contributed by atoms with E-state index in [1.165, 1.54) is 0 Å². The third-order valence-electron chi connectivity index (χ3n) is 5.53. The van der Waals surface area contributed by atoms with E-state index in [2.05, 4.69) is 0 Å². The highest BCUT2D eigenvalue weighted by molar-refractivity contribution is 6.42. The van der Waals surface area contributed by atoms with E-state index in [9.17, 15) is 9.90 Å². The first-order valence-electron chi connectivity index (χ1n) is 8.51. The molecule has 4 nitrogen and oxygen atoms in total. The van der Waals surface area contributed by atoms with E-state index < -0.39 is 5.60 Å². The fourth-order valence-corrected chi connectivity index (χ4v) is 4.36. The van der Waals surface area contributed by atoms with Gasteiger partial charge in [0.2, 0.25) is 0 Å². The summed E-state index contributed by atoms with van der Waals surface area (Å²) in [5.74, 6) is 1.07. The topological polar surface area (TPSA) is 49.8 Å². The Labute approximate surface area is 152 Å². The number of nitrogens with zero attached hydrogens (tertiary/aromatic N) is 1. The SMILES string of the molecule is CC[C@@]1(O)CCC[C@@H]2CN(C(=O)COc3ccc(Cl)c(Cl)c3)C[C@@H]21. The molecule has 24 heavy (non-hydrogen) atoms. The zero-order chi connectivity index (χ0) is 17.3. The van der Waals surface area contributed by atoms with Crippen LogP contribution in [0.5, 0.6) is 5.75 Å². The molecule has 1 saturated heterocycles. The largest absolute Gasteiger partial charge is 0.484 e. The maximum absolute atomic E-state index is 12.5. The smallest absolute Gasteiger partial charge is 0.260 e. The highest BCUT2D eigenvalue weighted by Gasteiger charge is 2.48. The lowest BCUT2D eigenvalue weighted by atomic mass is 9.69. The Kier molecular flexibility index (Phi) is 5.28. The van der Waals surface area contributed by atoms with Gasteiger partial charge in [0, 0.05) is 25.1 Å². The molecule has 1 aliphatic heterocycles. The normalized spacial score (nSPS) is 29.4. The van der Waals surface area contributed by atoms with Crippen molar-refractivity contribution in [2.75, 3.05) is 19.7 Å². The molecule has 0 radical (unpaired) electrons. The van der Waals surface area contributed by atoms with Crippen molar-refractivity contribution in [3.05, 3.63) is 28.2 Å². The van der Waals surface area contributed by atoms with Crippen LogP contribution in [0.2, 0.25) is 10.0 Å². The summed E-state index contributed by atoms with van der Waals surface area (Å²) in [4.78, 5) is 14.3. The second kappa shape index (κ2) is 7.11. The molecule has 1 saturated carbocycles. The monoisotopic (exact) mass is 371 g/mol. The van der Waals surface area contributed by atoms with Crippen LogP contribution < -0.4 is 4.74 Å². The Morgan fingerprint density at radius 2 is 2.17 bits per heavy atom. The van der Waals surface area contributed by atoms with E-state index in [0.717, 1.165) is 32.2 Å². The van der Waals surface area contributed by atoms with Crippen molar-refractivity contribution in [1.29, 1.82) is 0 Å². The third-order valence-corrected chi connectivity index (χ3v) is 6.27. The highest BCUT2D eigenvalue weighted by Crippen LogP contribution is 2.44.